The zero-order valence-electron chi connectivity index (χ0n) is 12.0. The Morgan fingerprint density at radius 3 is 1.24 bits per heavy atom. The molecule has 1 aliphatic rings. The number of pyridine rings is 2. The number of rotatable bonds is 1. The largest absolute Gasteiger partial charge is 0.255 e. The average molecular weight is 323 g/mol. The third kappa shape index (κ3) is 7.01. The first-order chi connectivity index (χ1) is 9.97. The van der Waals surface area contributed by atoms with Crippen molar-refractivity contribution >= 4 is 0 Å². The van der Waals surface area contributed by atoms with Gasteiger partial charge in [-0.2, -0.15) is 0 Å². The normalized spacial score (nSPS) is 16.2. The summed E-state index contributed by atoms with van der Waals surface area (Å²) in [5.41, 5.74) is 1.83. The summed E-state index contributed by atoms with van der Waals surface area (Å²) < 4.78 is 0. The fraction of sp³-hybridized carbons (Fsp3) is 0.222. The molecule has 0 atom stereocenters. The molecule has 1 aliphatic carbocycles. The fourth-order valence-electron chi connectivity index (χ4n) is 1.88. The maximum Gasteiger partial charge on any atom is 0.0886 e. The Kier molecular flexibility index (Phi) is 9.07. The average Bonchev–Trinajstić information content (AvgIpc) is 2.49. The van der Waals surface area contributed by atoms with E-state index in [1.165, 1.54) is 25.7 Å². The van der Waals surface area contributed by atoms with Gasteiger partial charge in [-0.25, -0.2) is 0 Å². The molecule has 0 saturated carbocycles. The van der Waals surface area contributed by atoms with Gasteiger partial charge in [0, 0.05) is 28.9 Å². The van der Waals surface area contributed by atoms with Crippen LogP contribution in [0.3, 0.4) is 0 Å². The van der Waals surface area contributed by atoms with Crippen LogP contribution in [0, 0.1) is 0 Å². The van der Waals surface area contributed by atoms with Crippen LogP contribution in [0.25, 0.3) is 11.4 Å². The van der Waals surface area contributed by atoms with Crippen LogP contribution in [0.1, 0.15) is 25.7 Å². The van der Waals surface area contributed by atoms with Gasteiger partial charge in [0.25, 0.3) is 0 Å². The maximum atomic E-state index is 4.19. The van der Waals surface area contributed by atoms with Crippen molar-refractivity contribution in [1.29, 1.82) is 0 Å². The van der Waals surface area contributed by atoms with Crippen molar-refractivity contribution in [3.63, 3.8) is 0 Å². The molecular formula is C18H20N2Ni. The van der Waals surface area contributed by atoms with Crippen molar-refractivity contribution in [3.05, 3.63) is 73.1 Å². The van der Waals surface area contributed by atoms with Crippen molar-refractivity contribution in [2.75, 3.05) is 0 Å². The first kappa shape index (κ1) is 17.3. The van der Waals surface area contributed by atoms with Gasteiger partial charge in [-0.3, -0.25) is 9.97 Å². The topological polar surface area (TPSA) is 25.8 Å². The number of allylic oxidation sites excluding steroid dienone is 4. The van der Waals surface area contributed by atoms with Crippen molar-refractivity contribution in [1.82, 2.24) is 9.97 Å². The van der Waals surface area contributed by atoms with E-state index in [0.29, 0.717) is 0 Å². The minimum atomic E-state index is 0. The quantitative estimate of drug-likeness (QED) is 0.556. The molecular weight excluding hydrogens is 303 g/mol. The van der Waals surface area contributed by atoms with Gasteiger partial charge in [0.1, 0.15) is 0 Å². The zero-order valence-corrected chi connectivity index (χ0v) is 13.0. The zero-order chi connectivity index (χ0) is 13.9. The summed E-state index contributed by atoms with van der Waals surface area (Å²) in [5.74, 6) is 0. The molecule has 112 valence electrons. The summed E-state index contributed by atoms with van der Waals surface area (Å²) in [6.07, 6.45) is 17.5. The Balaban J connectivity index is 0.000000216. The Bertz CT molecular complexity index is 472. The molecule has 0 saturated heterocycles. The van der Waals surface area contributed by atoms with Crippen LogP contribution < -0.4 is 0 Å². The van der Waals surface area contributed by atoms with E-state index >= 15 is 0 Å². The molecule has 0 bridgehead atoms. The number of nitrogens with zero attached hydrogens (tertiary/aromatic N) is 2. The summed E-state index contributed by atoms with van der Waals surface area (Å²) in [4.78, 5) is 8.37. The molecule has 3 rings (SSSR count). The van der Waals surface area contributed by atoms with Crippen molar-refractivity contribution in [3.8, 4) is 11.4 Å². The van der Waals surface area contributed by atoms with Crippen LogP contribution >= 0.6 is 0 Å². The molecule has 2 aromatic rings. The van der Waals surface area contributed by atoms with Crippen molar-refractivity contribution < 1.29 is 16.5 Å². The van der Waals surface area contributed by atoms with Gasteiger partial charge in [0.2, 0.25) is 0 Å². The molecule has 0 fully saturated rings. The van der Waals surface area contributed by atoms with Crippen LogP contribution in [-0.4, -0.2) is 9.97 Å². The van der Waals surface area contributed by atoms with Gasteiger partial charge in [0.05, 0.1) is 11.4 Å². The molecule has 0 aliphatic heterocycles. The van der Waals surface area contributed by atoms with Crippen LogP contribution in [0.15, 0.2) is 73.1 Å². The molecule has 0 aromatic carbocycles. The van der Waals surface area contributed by atoms with E-state index in [0.717, 1.165) is 11.4 Å². The third-order valence-electron chi connectivity index (χ3n) is 2.93. The van der Waals surface area contributed by atoms with E-state index in [9.17, 15) is 0 Å². The number of hydrogen-bond acceptors (Lipinski definition) is 2. The van der Waals surface area contributed by atoms with Gasteiger partial charge >= 0.3 is 0 Å². The second-order valence-corrected chi connectivity index (χ2v) is 4.53. The van der Waals surface area contributed by atoms with Crippen LogP contribution in [0.4, 0.5) is 0 Å². The van der Waals surface area contributed by atoms with E-state index in [1.807, 2.05) is 36.4 Å². The SMILES string of the molecule is C1=C\CC/C=C\CC/1.[Ni].c1ccc(-c2ccccn2)nc1. The summed E-state index contributed by atoms with van der Waals surface area (Å²) in [6.45, 7) is 0. The Labute approximate surface area is 137 Å². The molecule has 0 N–H and O–H groups in total. The van der Waals surface area contributed by atoms with Crippen LogP contribution in [0.5, 0.6) is 0 Å². The third-order valence-corrected chi connectivity index (χ3v) is 2.93. The first-order valence-electron chi connectivity index (χ1n) is 7.09. The Morgan fingerprint density at radius 1 is 0.571 bits per heavy atom. The summed E-state index contributed by atoms with van der Waals surface area (Å²) in [7, 11) is 0. The molecule has 0 spiro atoms. The van der Waals surface area contributed by atoms with Gasteiger partial charge in [-0.05, 0) is 49.9 Å². The van der Waals surface area contributed by atoms with Gasteiger partial charge in [-0.1, -0.05) is 36.4 Å². The maximum absolute atomic E-state index is 4.19. The molecule has 0 radical (unpaired) electrons. The van der Waals surface area contributed by atoms with E-state index in [4.69, 9.17) is 0 Å². The smallest absolute Gasteiger partial charge is 0.0886 e. The van der Waals surface area contributed by atoms with E-state index in [2.05, 4.69) is 34.3 Å². The fourth-order valence-corrected chi connectivity index (χ4v) is 1.88. The molecule has 3 heteroatoms. The Hall–Kier alpha value is -1.73. The van der Waals surface area contributed by atoms with E-state index in [-0.39, 0.29) is 16.5 Å². The number of hydrogen-bond donors (Lipinski definition) is 0. The second kappa shape index (κ2) is 11.0. The monoisotopic (exact) mass is 322 g/mol. The van der Waals surface area contributed by atoms with E-state index < -0.39 is 0 Å². The number of aromatic nitrogens is 2. The first-order valence-corrected chi connectivity index (χ1v) is 7.09. The molecule has 2 nitrogen and oxygen atoms in total. The predicted octanol–water partition coefficient (Wildman–Crippen LogP) is 4.81. The second-order valence-electron chi connectivity index (χ2n) is 4.53. The van der Waals surface area contributed by atoms with Crippen LogP contribution in [-0.2, 0) is 16.5 Å². The summed E-state index contributed by atoms with van der Waals surface area (Å²) >= 11 is 0. The van der Waals surface area contributed by atoms with E-state index in [1.54, 1.807) is 12.4 Å². The minimum Gasteiger partial charge on any atom is -0.255 e. The van der Waals surface area contributed by atoms with Crippen molar-refractivity contribution in [2.24, 2.45) is 0 Å². The molecule has 21 heavy (non-hydrogen) atoms. The summed E-state index contributed by atoms with van der Waals surface area (Å²) in [6, 6.07) is 11.6. The Morgan fingerprint density at radius 2 is 0.952 bits per heavy atom. The van der Waals surface area contributed by atoms with Gasteiger partial charge < -0.3 is 0 Å². The molecule has 2 heterocycles. The van der Waals surface area contributed by atoms with Gasteiger partial charge in [0.15, 0.2) is 0 Å². The van der Waals surface area contributed by atoms with Crippen LogP contribution in [0.2, 0.25) is 0 Å². The molecule has 0 unspecified atom stereocenters. The molecule has 0 amide bonds. The standard InChI is InChI=1S/C10H8N2.C8H12.Ni/c1-3-7-11-9(5-1)10-6-2-4-8-12-10;1-2-4-6-8-7-5-3-1;/h1-8H;1-2,7-8H,3-6H2;/b;2-1-,8-7-;. The predicted molar refractivity (Wildman–Crippen MR) is 84.2 cm³/mol. The minimum absolute atomic E-state index is 0. The van der Waals surface area contributed by atoms with Gasteiger partial charge in [-0.15, -0.1) is 0 Å². The molecule has 2 aromatic heterocycles. The van der Waals surface area contributed by atoms with Crippen molar-refractivity contribution in [2.45, 2.75) is 25.7 Å². The summed E-state index contributed by atoms with van der Waals surface area (Å²) in [5, 5.41) is 0.